The lowest BCUT2D eigenvalue weighted by molar-refractivity contribution is -0.137. The van der Waals surface area contributed by atoms with E-state index in [4.69, 9.17) is 6.57 Å². The second-order valence-corrected chi connectivity index (χ2v) is 16.1. The Labute approximate surface area is 321 Å². The molecule has 4 fully saturated rings. The first kappa shape index (κ1) is 37.4. The molecular formula is C40H41F3N8O5. The first-order valence-corrected chi connectivity index (χ1v) is 18.9. The minimum Gasteiger partial charge on any atom is -0.371 e. The van der Waals surface area contributed by atoms with Crippen molar-refractivity contribution >= 4 is 46.6 Å². The number of carbonyl (C=O) groups is 5. The van der Waals surface area contributed by atoms with Gasteiger partial charge in [0.25, 0.3) is 17.7 Å². The molecule has 5 heterocycles. The van der Waals surface area contributed by atoms with Gasteiger partial charge in [-0.25, -0.2) is 4.85 Å². The summed E-state index contributed by atoms with van der Waals surface area (Å²) in [5.41, 5.74) is -0.422. The van der Waals surface area contributed by atoms with E-state index < -0.39 is 58.5 Å². The summed E-state index contributed by atoms with van der Waals surface area (Å²) in [4.78, 5) is 72.7. The van der Waals surface area contributed by atoms with Crippen LogP contribution in [0.5, 0.6) is 0 Å². The van der Waals surface area contributed by atoms with Crippen molar-refractivity contribution in [3.8, 4) is 0 Å². The Morgan fingerprint density at radius 1 is 0.946 bits per heavy atom. The van der Waals surface area contributed by atoms with Crippen molar-refractivity contribution in [2.75, 3.05) is 36.4 Å². The molecule has 0 spiro atoms. The maximum atomic E-state index is 13.5. The molecule has 1 aromatic heterocycles. The zero-order valence-electron chi connectivity index (χ0n) is 30.9. The van der Waals surface area contributed by atoms with Crippen LogP contribution in [0.2, 0.25) is 0 Å². The molecule has 16 heteroatoms. The predicted octanol–water partition coefficient (Wildman–Crippen LogP) is 5.32. The van der Waals surface area contributed by atoms with E-state index in [1.807, 2.05) is 12.3 Å². The van der Waals surface area contributed by atoms with Crippen LogP contribution in [0.4, 0.5) is 30.2 Å². The fraction of sp³-hybridized carbons (Fsp3) is 0.475. The Hall–Kier alpha value is -5.56. The van der Waals surface area contributed by atoms with E-state index in [0.29, 0.717) is 23.4 Å². The van der Waals surface area contributed by atoms with Crippen LogP contribution >= 0.6 is 0 Å². The summed E-state index contributed by atoms with van der Waals surface area (Å²) in [5.74, 6) is -1.32. The van der Waals surface area contributed by atoms with Crippen molar-refractivity contribution in [1.29, 1.82) is 0 Å². The standard InChI is InChI=1S/C40H41F3N8O5/c1-39(2,38(56)46-26-4-7-32(44-3)31(16-26)40(41,42)43)50-21-25(18-45-50)22-10-12-48(13-11-22)28-14-23-19-49(20-24(23)15-28)27-5-6-29-30(17-27)37(55)51(36(29)54)33-8-9-34(52)47-35(33)53/h4-7,16-18,21-24,28,33H,8-15,19-20H2,1-2H3,(H,46,56)(H,47,52,53)/t23-,24+,28?,33?. The molecule has 5 aliphatic rings. The van der Waals surface area contributed by atoms with Crippen LogP contribution in [0.1, 0.15) is 90.1 Å². The van der Waals surface area contributed by atoms with E-state index in [1.54, 1.807) is 36.9 Å². The summed E-state index contributed by atoms with van der Waals surface area (Å²) in [6.45, 7) is 13.9. The van der Waals surface area contributed by atoms with Crippen LogP contribution < -0.4 is 15.5 Å². The summed E-state index contributed by atoms with van der Waals surface area (Å²) >= 11 is 0. The highest BCUT2D eigenvalue weighted by molar-refractivity contribution is 6.23. The highest BCUT2D eigenvalue weighted by Gasteiger charge is 2.47. The van der Waals surface area contributed by atoms with Crippen LogP contribution in [-0.2, 0) is 26.1 Å². The zero-order valence-corrected chi connectivity index (χ0v) is 30.9. The third-order valence-electron chi connectivity index (χ3n) is 12.4. The average Bonchev–Trinajstić information content (AvgIpc) is 3.95. The molecule has 0 radical (unpaired) electrons. The monoisotopic (exact) mass is 770 g/mol. The fourth-order valence-corrected chi connectivity index (χ4v) is 9.21. The molecule has 4 atom stereocenters. The minimum absolute atomic E-state index is 0.0520. The number of imide groups is 2. The fourth-order valence-electron chi connectivity index (χ4n) is 9.21. The lowest BCUT2D eigenvalue weighted by Gasteiger charge is -2.36. The molecule has 13 nitrogen and oxygen atoms in total. The van der Waals surface area contributed by atoms with Crippen LogP contribution in [0.15, 0.2) is 48.8 Å². The topological polar surface area (TPSA) is 141 Å². The van der Waals surface area contributed by atoms with Gasteiger partial charge in [-0.1, -0.05) is 6.07 Å². The van der Waals surface area contributed by atoms with E-state index in [2.05, 4.69) is 30.4 Å². The molecule has 56 heavy (non-hydrogen) atoms. The highest BCUT2D eigenvalue weighted by atomic mass is 19.4. The first-order chi connectivity index (χ1) is 26.6. The quantitative estimate of drug-likeness (QED) is 0.243. The first-order valence-electron chi connectivity index (χ1n) is 18.9. The molecule has 4 aliphatic heterocycles. The third kappa shape index (κ3) is 6.61. The number of carbonyl (C=O) groups excluding carboxylic acids is 5. The smallest absolute Gasteiger partial charge is 0.371 e. The van der Waals surface area contributed by atoms with Gasteiger partial charge in [0.1, 0.15) is 11.6 Å². The number of hydrogen-bond donors (Lipinski definition) is 2. The zero-order chi connectivity index (χ0) is 39.7. The van der Waals surface area contributed by atoms with E-state index in [9.17, 15) is 37.1 Å². The second-order valence-electron chi connectivity index (χ2n) is 16.1. The number of anilines is 2. The van der Waals surface area contributed by atoms with Gasteiger partial charge in [-0.15, -0.1) is 0 Å². The van der Waals surface area contributed by atoms with Crippen LogP contribution in [0.25, 0.3) is 4.85 Å². The maximum Gasteiger partial charge on any atom is 0.407 e. The van der Waals surface area contributed by atoms with E-state index in [-0.39, 0.29) is 30.0 Å². The normalized spacial score (nSPS) is 24.6. The molecule has 2 aromatic carbocycles. The number of rotatable bonds is 7. The molecular weight excluding hydrogens is 729 g/mol. The van der Waals surface area contributed by atoms with Crippen molar-refractivity contribution in [3.63, 3.8) is 0 Å². The number of alkyl halides is 3. The number of benzene rings is 2. The van der Waals surface area contributed by atoms with Crippen molar-refractivity contribution in [3.05, 3.63) is 82.5 Å². The van der Waals surface area contributed by atoms with Crippen LogP contribution in [0.3, 0.4) is 0 Å². The van der Waals surface area contributed by atoms with E-state index in [1.165, 1.54) is 6.07 Å². The minimum atomic E-state index is -4.73. The summed E-state index contributed by atoms with van der Waals surface area (Å²) in [6.07, 6.45) is 3.09. The maximum absolute atomic E-state index is 13.5. The number of hydrogen-bond acceptors (Lipinski definition) is 8. The number of likely N-dealkylation sites (tertiary alicyclic amines) is 1. The Morgan fingerprint density at radius 2 is 1.64 bits per heavy atom. The summed E-state index contributed by atoms with van der Waals surface area (Å²) in [7, 11) is 0. The highest BCUT2D eigenvalue weighted by Crippen LogP contribution is 2.44. The lowest BCUT2D eigenvalue weighted by atomic mass is 9.90. The van der Waals surface area contributed by atoms with Crippen molar-refractivity contribution < 1.29 is 37.1 Å². The van der Waals surface area contributed by atoms with Gasteiger partial charge in [0.15, 0.2) is 5.69 Å². The van der Waals surface area contributed by atoms with Gasteiger partial charge in [-0.2, -0.15) is 18.3 Å². The van der Waals surface area contributed by atoms with Gasteiger partial charge in [-0.05, 0) is 113 Å². The number of halogens is 3. The molecule has 1 saturated carbocycles. The number of fused-ring (bicyclic) bond motifs is 2. The van der Waals surface area contributed by atoms with Crippen LogP contribution in [-0.4, -0.2) is 87.4 Å². The molecule has 3 aromatic rings. The Morgan fingerprint density at radius 3 is 2.30 bits per heavy atom. The van der Waals surface area contributed by atoms with Gasteiger partial charge in [0, 0.05) is 43.1 Å². The van der Waals surface area contributed by atoms with Gasteiger partial charge in [0.05, 0.1) is 29.5 Å². The Balaban J connectivity index is 0.839. The molecule has 1 aliphatic carbocycles. The van der Waals surface area contributed by atoms with Crippen molar-refractivity contribution in [2.45, 2.75) is 82.1 Å². The Bertz CT molecular complexity index is 2170. The lowest BCUT2D eigenvalue weighted by Crippen LogP contribution is -2.54. The number of piperidine rings is 2. The second kappa shape index (κ2) is 13.9. The van der Waals surface area contributed by atoms with E-state index in [0.717, 1.165) is 80.1 Å². The summed E-state index contributed by atoms with van der Waals surface area (Å²) in [5, 5.41) is 9.29. The van der Waals surface area contributed by atoms with E-state index >= 15 is 0 Å². The molecule has 5 amide bonds. The predicted molar refractivity (Wildman–Crippen MR) is 197 cm³/mol. The number of aromatic nitrogens is 2. The number of nitrogens with one attached hydrogen (secondary N) is 2. The molecule has 2 N–H and O–H groups in total. The number of nitrogens with zero attached hydrogens (tertiary/aromatic N) is 6. The molecule has 2 unspecified atom stereocenters. The number of amides is 5. The van der Waals surface area contributed by atoms with Crippen LogP contribution in [0, 0.1) is 18.4 Å². The molecule has 292 valence electrons. The molecule has 8 rings (SSSR count). The average molecular weight is 771 g/mol. The Kier molecular flexibility index (Phi) is 9.26. The largest absolute Gasteiger partial charge is 0.407 e. The van der Waals surface area contributed by atoms with Gasteiger partial charge in [-0.3, -0.25) is 38.9 Å². The third-order valence-corrected chi connectivity index (χ3v) is 12.4. The molecule has 3 saturated heterocycles. The molecule has 0 bridgehead atoms. The van der Waals surface area contributed by atoms with Gasteiger partial charge >= 0.3 is 6.18 Å². The van der Waals surface area contributed by atoms with Gasteiger partial charge < -0.3 is 15.1 Å². The van der Waals surface area contributed by atoms with Crippen molar-refractivity contribution in [2.24, 2.45) is 11.8 Å². The summed E-state index contributed by atoms with van der Waals surface area (Å²) < 4.78 is 42.0. The van der Waals surface area contributed by atoms with Crippen molar-refractivity contribution in [1.82, 2.24) is 24.9 Å². The summed E-state index contributed by atoms with van der Waals surface area (Å²) in [6, 6.07) is 7.91. The van der Waals surface area contributed by atoms with Gasteiger partial charge in [0.2, 0.25) is 11.8 Å². The SMILES string of the molecule is [C-]#[N+]c1ccc(NC(=O)C(C)(C)n2cc(C3CCN(C4C[C@@H]5CN(c6ccc7c(c6)C(=O)N(C6CCC(=O)NC6=O)C7=O)C[C@@H]5C4)CC3)cn2)cc1C(F)(F)F.